The number of nitrogens with two attached hydrogens (primary N) is 1. The first-order valence-corrected chi connectivity index (χ1v) is 15.8. The van der Waals surface area contributed by atoms with E-state index in [0.29, 0.717) is 12.1 Å². The zero-order valence-corrected chi connectivity index (χ0v) is 27.0. The van der Waals surface area contributed by atoms with Crippen molar-refractivity contribution in [1.82, 2.24) is 31.3 Å². The maximum absolute atomic E-state index is 14.0. The summed E-state index contributed by atoms with van der Waals surface area (Å²) in [5.41, 5.74) is 4.07. The smallest absolute Gasteiger partial charge is 0.408 e. The summed E-state index contributed by atoms with van der Waals surface area (Å²) in [7, 11) is 0. The maximum atomic E-state index is 14.0. The van der Waals surface area contributed by atoms with Gasteiger partial charge in [-0.25, -0.2) is 15.6 Å². The van der Waals surface area contributed by atoms with E-state index < -0.39 is 48.0 Å². The summed E-state index contributed by atoms with van der Waals surface area (Å²) < 4.78 is 5.44. The molecular weight excluding hydrogens is 614 g/mol. The number of hydrazine groups is 1. The highest BCUT2D eigenvalue weighted by molar-refractivity contribution is 5.93. The standard InChI is InChI=1S/C35H43N7O6/c1-22(2)15-28(31(43)18-32(44)42-36)39-34(46)30(17-26-19-37-21-38-26)40-33(45)29(41-35(47)48-20-23-9-4-3-5-10-23)16-25-13-8-12-24-11-6-7-14-27(24)25/h3-14,19,21-22,28-31,43H,15-18,20,36H2,1-2H3,(H,37,38)(H,39,46)(H,40,45)(H,41,47)(H,42,44)/t28?,29-,30+,31?/m0/s1. The molecule has 4 rings (SSSR count). The van der Waals surface area contributed by atoms with Gasteiger partial charge in [-0.3, -0.25) is 19.8 Å². The molecule has 2 unspecified atom stereocenters. The van der Waals surface area contributed by atoms with Crippen LogP contribution in [0.5, 0.6) is 0 Å². The average molecular weight is 658 g/mol. The van der Waals surface area contributed by atoms with Crippen LogP contribution in [0.3, 0.4) is 0 Å². The molecule has 0 saturated heterocycles. The second-order valence-corrected chi connectivity index (χ2v) is 12.0. The van der Waals surface area contributed by atoms with E-state index >= 15 is 0 Å². The number of carbonyl (C=O) groups is 4. The summed E-state index contributed by atoms with van der Waals surface area (Å²) >= 11 is 0. The third-order valence-electron chi connectivity index (χ3n) is 7.80. The molecule has 0 spiro atoms. The van der Waals surface area contributed by atoms with Crippen molar-refractivity contribution in [2.45, 2.75) is 70.4 Å². The molecule has 254 valence electrons. The molecule has 1 aromatic heterocycles. The molecule has 4 aromatic rings. The number of H-pyrrole nitrogens is 1. The topological polar surface area (TPSA) is 201 Å². The number of alkyl carbamates (subject to hydrolysis) is 1. The van der Waals surface area contributed by atoms with E-state index in [0.717, 1.165) is 21.9 Å². The Morgan fingerprint density at radius 3 is 2.27 bits per heavy atom. The predicted molar refractivity (Wildman–Crippen MR) is 180 cm³/mol. The van der Waals surface area contributed by atoms with Gasteiger partial charge in [-0.05, 0) is 34.2 Å². The number of carbonyl (C=O) groups excluding carboxylic acids is 4. The van der Waals surface area contributed by atoms with E-state index in [4.69, 9.17) is 10.6 Å². The van der Waals surface area contributed by atoms with Gasteiger partial charge in [-0.1, -0.05) is 86.6 Å². The number of aliphatic hydroxyl groups is 1. The number of nitrogens with one attached hydrogen (secondary N) is 5. The van der Waals surface area contributed by atoms with Crippen LogP contribution < -0.4 is 27.2 Å². The van der Waals surface area contributed by atoms with E-state index in [9.17, 15) is 24.3 Å². The summed E-state index contributed by atoms with van der Waals surface area (Å²) in [5, 5.41) is 21.0. The van der Waals surface area contributed by atoms with Crippen molar-refractivity contribution in [3.63, 3.8) is 0 Å². The van der Waals surface area contributed by atoms with E-state index in [1.165, 1.54) is 6.33 Å². The lowest BCUT2D eigenvalue weighted by Crippen LogP contribution is -2.57. The van der Waals surface area contributed by atoms with Gasteiger partial charge < -0.3 is 30.8 Å². The van der Waals surface area contributed by atoms with Gasteiger partial charge >= 0.3 is 6.09 Å². The number of benzene rings is 3. The highest BCUT2D eigenvalue weighted by Gasteiger charge is 2.32. The summed E-state index contributed by atoms with van der Waals surface area (Å²) in [5.74, 6) is 3.45. The number of aromatic amines is 1. The Labute approximate surface area is 279 Å². The fourth-order valence-corrected chi connectivity index (χ4v) is 5.39. The highest BCUT2D eigenvalue weighted by Crippen LogP contribution is 2.20. The number of aliphatic hydroxyl groups excluding tert-OH is 1. The molecule has 8 N–H and O–H groups in total. The SMILES string of the molecule is CC(C)CC(NC(=O)[C@@H](Cc1c[nH]cn1)NC(=O)[C@H](Cc1cccc2ccccc12)NC(=O)OCc1ccccc1)C(O)CC(=O)NN. The second kappa shape index (κ2) is 17.6. The monoisotopic (exact) mass is 657 g/mol. The number of amides is 4. The van der Waals surface area contributed by atoms with Gasteiger partial charge in [-0.15, -0.1) is 0 Å². The molecule has 13 nitrogen and oxygen atoms in total. The molecule has 4 atom stereocenters. The Hall–Kier alpha value is -5.27. The Morgan fingerprint density at radius 2 is 1.56 bits per heavy atom. The maximum Gasteiger partial charge on any atom is 0.408 e. The minimum Gasteiger partial charge on any atom is -0.445 e. The first kappa shape index (κ1) is 35.6. The zero-order chi connectivity index (χ0) is 34.5. The Morgan fingerprint density at radius 1 is 0.875 bits per heavy atom. The molecule has 3 aromatic carbocycles. The van der Waals surface area contributed by atoms with Crippen LogP contribution in [-0.2, 0) is 38.6 Å². The lowest BCUT2D eigenvalue weighted by molar-refractivity contribution is -0.131. The number of rotatable bonds is 16. The third kappa shape index (κ3) is 10.6. The van der Waals surface area contributed by atoms with Gasteiger partial charge in [0.25, 0.3) is 0 Å². The number of fused-ring (bicyclic) bond motifs is 1. The van der Waals surface area contributed by atoms with E-state index in [-0.39, 0.29) is 31.8 Å². The minimum atomic E-state index is -1.23. The molecule has 0 fully saturated rings. The summed E-state index contributed by atoms with van der Waals surface area (Å²) in [4.78, 5) is 59.8. The van der Waals surface area contributed by atoms with Gasteiger partial charge in [0.1, 0.15) is 18.7 Å². The van der Waals surface area contributed by atoms with Crippen molar-refractivity contribution in [2.75, 3.05) is 0 Å². The van der Waals surface area contributed by atoms with Crippen LogP contribution in [0.15, 0.2) is 85.3 Å². The van der Waals surface area contributed by atoms with Crippen molar-refractivity contribution in [2.24, 2.45) is 11.8 Å². The van der Waals surface area contributed by atoms with Crippen LogP contribution in [0.25, 0.3) is 10.8 Å². The second-order valence-electron chi connectivity index (χ2n) is 12.0. The van der Waals surface area contributed by atoms with Gasteiger partial charge in [0.2, 0.25) is 17.7 Å². The van der Waals surface area contributed by atoms with Crippen LogP contribution in [-0.4, -0.2) is 63.1 Å². The van der Waals surface area contributed by atoms with Crippen LogP contribution in [0.4, 0.5) is 4.79 Å². The predicted octanol–water partition coefficient (Wildman–Crippen LogP) is 2.40. The lowest BCUT2D eigenvalue weighted by atomic mass is 9.96. The molecule has 0 aliphatic heterocycles. The van der Waals surface area contributed by atoms with Crippen molar-refractivity contribution in [3.05, 3.63) is 102 Å². The molecule has 4 amide bonds. The van der Waals surface area contributed by atoms with Crippen molar-refractivity contribution >= 4 is 34.6 Å². The highest BCUT2D eigenvalue weighted by atomic mass is 16.5. The molecule has 0 radical (unpaired) electrons. The lowest BCUT2D eigenvalue weighted by Gasteiger charge is -2.28. The van der Waals surface area contributed by atoms with Gasteiger partial charge in [0, 0.05) is 19.0 Å². The van der Waals surface area contributed by atoms with E-state index in [2.05, 4.69) is 25.9 Å². The summed E-state index contributed by atoms with van der Waals surface area (Å²) in [6.45, 7) is 3.83. The van der Waals surface area contributed by atoms with Crippen molar-refractivity contribution in [3.8, 4) is 0 Å². The number of hydrogen-bond acceptors (Lipinski definition) is 8. The normalized spacial score (nSPS) is 13.6. The summed E-state index contributed by atoms with van der Waals surface area (Å²) in [6, 6.07) is 19.5. The first-order valence-electron chi connectivity index (χ1n) is 15.8. The number of hydrogen-bond donors (Lipinski definition) is 7. The number of nitrogens with zero attached hydrogens (tertiary/aromatic N) is 1. The Kier molecular flexibility index (Phi) is 13.0. The Balaban J connectivity index is 1.57. The molecule has 0 bridgehead atoms. The average Bonchev–Trinajstić information content (AvgIpc) is 3.60. The fraction of sp³-hybridized carbons (Fsp3) is 0.343. The van der Waals surface area contributed by atoms with Gasteiger partial charge in [0.05, 0.1) is 30.6 Å². The molecule has 0 aliphatic rings. The third-order valence-corrected chi connectivity index (χ3v) is 7.80. The Bertz CT molecular complexity index is 1640. The van der Waals surface area contributed by atoms with Gasteiger partial charge in [0.15, 0.2) is 0 Å². The van der Waals surface area contributed by atoms with Crippen LogP contribution >= 0.6 is 0 Å². The minimum absolute atomic E-state index is 0.00121. The molecule has 13 heteroatoms. The van der Waals surface area contributed by atoms with E-state index in [1.807, 2.05) is 92.1 Å². The largest absolute Gasteiger partial charge is 0.445 e. The van der Waals surface area contributed by atoms with Gasteiger partial charge in [-0.2, -0.15) is 0 Å². The molecule has 1 heterocycles. The molecule has 0 aliphatic carbocycles. The van der Waals surface area contributed by atoms with Crippen molar-refractivity contribution in [1.29, 1.82) is 0 Å². The van der Waals surface area contributed by atoms with Crippen LogP contribution in [0, 0.1) is 5.92 Å². The van der Waals surface area contributed by atoms with Crippen LogP contribution in [0.1, 0.15) is 43.5 Å². The zero-order valence-electron chi connectivity index (χ0n) is 27.0. The molecule has 0 saturated carbocycles. The number of imidazole rings is 1. The molecular formula is C35H43N7O6. The summed E-state index contributed by atoms with van der Waals surface area (Å²) in [6.07, 6.45) is 1.16. The van der Waals surface area contributed by atoms with Crippen molar-refractivity contribution < 1.29 is 29.0 Å². The van der Waals surface area contributed by atoms with E-state index in [1.54, 1.807) is 6.20 Å². The first-order chi connectivity index (χ1) is 23.1. The molecule has 48 heavy (non-hydrogen) atoms. The number of ether oxygens (including phenoxy) is 1. The fourth-order valence-electron chi connectivity index (χ4n) is 5.39. The quantitative estimate of drug-likeness (QED) is 0.0541. The van der Waals surface area contributed by atoms with Crippen LogP contribution in [0.2, 0.25) is 0 Å². The number of aromatic nitrogens is 2.